The van der Waals surface area contributed by atoms with E-state index < -0.39 is 6.10 Å². The van der Waals surface area contributed by atoms with Gasteiger partial charge in [-0.25, -0.2) is 0 Å². The SMILES string of the molecule is CCc1sc(C(=O)/C=C/c2cc(C)c(CC(O)CO)c(C)c2)c2c1CC(C)(C)CC2. The fraction of sp³-hybridized carbons (Fsp3) is 0.500. The summed E-state index contributed by atoms with van der Waals surface area (Å²) in [5.74, 6) is 0.103. The van der Waals surface area contributed by atoms with Crippen LogP contribution < -0.4 is 0 Å². The van der Waals surface area contributed by atoms with Crippen molar-refractivity contribution in [2.45, 2.75) is 72.8 Å². The van der Waals surface area contributed by atoms with E-state index in [9.17, 15) is 9.90 Å². The average molecular weight is 427 g/mol. The van der Waals surface area contributed by atoms with E-state index >= 15 is 0 Å². The van der Waals surface area contributed by atoms with Crippen LogP contribution in [0.5, 0.6) is 0 Å². The molecule has 2 aromatic rings. The van der Waals surface area contributed by atoms with Gasteiger partial charge < -0.3 is 10.2 Å². The number of carbonyl (C=O) groups is 1. The van der Waals surface area contributed by atoms with Gasteiger partial charge in [-0.3, -0.25) is 4.79 Å². The molecule has 1 atom stereocenters. The van der Waals surface area contributed by atoms with Gasteiger partial charge in [-0.05, 0) is 84.4 Å². The number of aryl methyl sites for hydroxylation is 3. The molecule has 0 aliphatic heterocycles. The second-order valence-electron chi connectivity index (χ2n) is 9.38. The first kappa shape index (κ1) is 22.9. The van der Waals surface area contributed by atoms with Crippen molar-refractivity contribution in [1.82, 2.24) is 0 Å². The maximum Gasteiger partial charge on any atom is 0.196 e. The quantitative estimate of drug-likeness (QED) is 0.471. The van der Waals surface area contributed by atoms with E-state index in [0.29, 0.717) is 11.8 Å². The summed E-state index contributed by atoms with van der Waals surface area (Å²) in [5.41, 5.74) is 7.21. The van der Waals surface area contributed by atoms with Crippen molar-refractivity contribution in [3.05, 3.63) is 61.3 Å². The maximum absolute atomic E-state index is 13.1. The number of carbonyl (C=O) groups excluding carboxylic acids is 1. The number of hydrogen-bond donors (Lipinski definition) is 2. The highest BCUT2D eigenvalue weighted by molar-refractivity contribution is 7.14. The van der Waals surface area contributed by atoms with Crippen LogP contribution in [0.25, 0.3) is 6.08 Å². The van der Waals surface area contributed by atoms with Crippen molar-refractivity contribution < 1.29 is 15.0 Å². The second kappa shape index (κ2) is 9.17. The Kier molecular flexibility index (Phi) is 7.01. The highest BCUT2D eigenvalue weighted by Crippen LogP contribution is 2.42. The van der Waals surface area contributed by atoms with Crippen molar-refractivity contribution in [3.8, 4) is 0 Å². The Morgan fingerprint density at radius 1 is 1.23 bits per heavy atom. The van der Waals surface area contributed by atoms with Gasteiger partial charge in [-0.1, -0.05) is 39.0 Å². The van der Waals surface area contributed by atoms with Crippen LogP contribution in [0.15, 0.2) is 18.2 Å². The molecule has 1 aliphatic carbocycles. The summed E-state index contributed by atoms with van der Waals surface area (Å²) in [6.07, 6.45) is 7.48. The average Bonchev–Trinajstić information content (AvgIpc) is 3.05. The van der Waals surface area contributed by atoms with Crippen LogP contribution in [0, 0.1) is 19.3 Å². The molecule has 4 heteroatoms. The molecule has 162 valence electrons. The number of aliphatic hydroxyl groups is 2. The summed E-state index contributed by atoms with van der Waals surface area (Å²) in [6.45, 7) is 10.6. The van der Waals surface area contributed by atoms with Crippen molar-refractivity contribution in [2.24, 2.45) is 5.41 Å². The number of allylic oxidation sites excluding steroid dienone is 1. The molecule has 1 aromatic carbocycles. The molecular formula is C26H34O3S. The number of rotatable bonds is 7. The van der Waals surface area contributed by atoms with Gasteiger partial charge in [0.05, 0.1) is 17.6 Å². The minimum absolute atomic E-state index is 0.103. The summed E-state index contributed by atoms with van der Waals surface area (Å²) in [4.78, 5) is 15.4. The van der Waals surface area contributed by atoms with Crippen LogP contribution in [0.1, 0.15) is 75.1 Å². The molecule has 2 N–H and O–H groups in total. The smallest absolute Gasteiger partial charge is 0.196 e. The maximum atomic E-state index is 13.1. The zero-order valence-electron chi connectivity index (χ0n) is 18.8. The Bertz CT molecular complexity index is 942. The Morgan fingerprint density at radius 3 is 2.50 bits per heavy atom. The molecule has 0 amide bonds. The zero-order valence-corrected chi connectivity index (χ0v) is 19.7. The number of benzene rings is 1. The number of fused-ring (bicyclic) bond motifs is 1. The highest BCUT2D eigenvalue weighted by Gasteiger charge is 2.31. The summed E-state index contributed by atoms with van der Waals surface area (Å²) >= 11 is 1.69. The van der Waals surface area contributed by atoms with Gasteiger partial charge in [0.25, 0.3) is 0 Å². The number of hydrogen-bond acceptors (Lipinski definition) is 4. The van der Waals surface area contributed by atoms with E-state index in [0.717, 1.165) is 52.8 Å². The molecule has 1 heterocycles. The van der Waals surface area contributed by atoms with Gasteiger partial charge in [-0.15, -0.1) is 11.3 Å². The van der Waals surface area contributed by atoms with E-state index in [1.807, 2.05) is 32.1 Å². The van der Waals surface area contributed by atoms with Crippen LogP contribution in [-0.4, -0.2) is 28.7 Å². The largest absolute Gasteiger partial charge is 0.394 e. The van der Waals surface area contributed by atoms with Gasteiger partial charge in [-0.2, -0.15) is 0 Å². The predicted molar refractivity (Wildman–Crippen MR) is 126 cm³/mol. The number of thiophene rings is 1. The third-order valence-corrected chi connectivity index (χ3v) is 7.68. The monoisotopic (exact) mass is 426 g/mol. The normalized spacial score (nSPS) is 16.6. The second-order valence-corrected chi connectivity index (χ2v) is 10.5. The van der Waals surface area contributed by atoms with Crippen LogP contribution in [-0.2, 0) is 25.7 Å². The van der Waals surface area contributed by atoms with Gasteiger partial charge in [0.1, 0.15) is 0 Å². The van der Waals surface area contributed by atoms with Crippen LogP contribution in [0.3, 0.4) is 0 Å². The minimum Gasteiger partial charge on any atom is -0.394 e. The first-order chi connectivity index (χ1) is 14.1. The van der Waals surface area contributed by atoms with E-state index in [1.165, 1.54) is 16.0 Å². The number of aliphatic hydroxyl groups excluding tert-OH is 2. The molecule has 0 fully saturated rings. The molecule has 0 spiro atoms. The van der Waals surface area contributed by atoms with Crippen molar-refractivity contribution in [3.63, 3.8) is 0 Å². The Balaban J connectivity index is 1.84. The summed E-state index contributed by atoms with van der Waals surface area (Å²) in [7, 11) is 0. The van der Waals surface area contributed by atoms with Gasteiger partial charge in [0, 0.05) is 11.3 Å². The first-order valence-corrected chi connectivity index (χ1v) is 11.7. The molecule has 1 unspecified atom stereocenters. The van der Waals surface area contributed by atoms with Crippen molar-refractivity contribution in [1.29, 1.82) is 0 Å². The molecule has 0 radical (unpaired) electrons. The van der Waals surface area contributed by atoms with Crippen LogP contribution >= 0.6 is 11.3 Å². The molecule has 0 saturated heterocycles. The first-order valence-electron chi connectivity index (χ1n) is 10.9. The van der Waals surface area contributed by atoms with E-state index in [2.05, 4.69) is 20.8 Å². The molecule has 0 saturated carbocycles. The zero-order chi connectivity index (χ0) is 22.1. The molecule has 3 rings (SSSR count). The van der Waals surface area contributed by atoms with Gasteiger partial charge >= 0.3 is 0 Å². The lowest BCUT2D eigenvalue weighted by Gasteiger charge is -2.30. The molecular weight excluding hydrogens is 392 g/mol. The Hall–Kier alpha value is -1.75. The molecule has 1 aliphatic rings. The summed E-state index contributed by atoms with van der Waals surface area (Å²) in [6, 6.07) is 4.08. The van der Waals surface area contributed by atoms with Crippen LogP contribution in [0.2, 0.25) is 0 Å². The van der Waals surface area contributed by atoms with Crippen molar-refractivity contribution in [2.75, 3.05) is 6.61 Å². The Morgan fingerprint density at radius 2 is 1.90 bits per heavy atom. The lowest BCUT2D eigenvalue weighted by atomic mass is 9.74. The summed E-state index contributed by atoms with van der Waals surface area (Å²) in [5, 5.41) is 18.9. The molecule has 0 bridgehead atoms. The molecule has 1 aromatic heterocycles. The molecule has 3 nitrogen and oxygen atoms in total. The fourth-order valence-corrected chi connectivity index (χ4v) is 5.76. The van der Waals surface area contributed by atoms with E-state index in [4.69, 9.17) is 5.11 Å². The fourth-order valence-electron chi connectivity index (χ4n) is 4.53. The standard InChI is InChI=1S/C26H34O3S/c1-6-24-22-14-26(4,5)10-9-20(22)25(30-24)23(29)8-7-18-11-16(2)21(17(3)12-18)13-19(28)15-27/h7-8,11-12,19,27-28H,6,9-10,13-15H2,1-5H3/b8-7+. The lowest BCUT2D eigenvalue weighted by Crippen LogP contribution is -2.22. The minimum atomic E-state index is -0.742. The van der Waals surface area contributed by atoms with E-state index in [-0.39, 0.29) is 12.4 Å². The van der Waals surface area contributed by atoms with E-state index in [1.54, 1.807) is 17.4 Å². The topological polar surface area (TPSA) is 57.5 Å². The predicted octanol–water partition coefficient (Wildman–Crippen LogP) is 5.23. The number of ketones is 1. The van der Waals surface area contributed by atoms with Crippen LogP contribution in [0.4, 0.5) is 0 Å². The molecule has 30 heavy (non-hydrogen) atoms. The highest BCUT2D eigenvalue weighted by atomic mass is 32.1. The summed E-state index contributed by atoms with van der Waals surface area (Å²) < 4.78 is 0. The van der Waals surface area contributed by atoms with Gasteiger partial charge in [0.2, 0.25) is 0 Å². The Labute approximate surface area is 184 Å². The third kappa shape index (κ3) is 4.93. The lowest BCUT2D eigenvalue weighted by molar-refractivity contribution is 0.0953. The van der Waals surface area contributed by atoms with Crippen molar-refractivity contribution >= 4 is 23.2 Å². The third-order valence-electron chi connectivity index (χ3n) is 6.25. The van der Waals surface area contributed by atoms with Gasteiger partial charge in [0.15, 0.2) is 5.78 Å².